The van der Waals surface area contributed by atoms with Gasteiger partial charge in [0.1, 0.15) is 5.75 Å². The van der Waals surface area contributed by atoms with E-state index in [-0.39, 0.29) is 29.5 Å². The summed E-state index contributed by atoms with van der Waals surface area (Å²) in [6.07, 6.45) is 5.72. The van der Waals surface area contributed by atoms with Crippen molar-refractivity contribution in [2.24, 2.45) is 13.0 Å². The molecule has 7 heteroatoms. The number of aryl methyl sites for hydroxylation is 1. The summed E-state index contributed by atoms with van der Waals surface area (Å²) in [7, 11) is 3.19. The number of nitrogens with one attached hydrogen (secondary N) is 1. The first kappa shape index (κ1) is 17.2. The van der Waals surface area contributed by atoms with E-state index in [4.69, 9.17) is 4.74 Å². The van der Waals surface area contributed by atoms with Crippen molar-refractivity contribution in [3.63, 3.8) is 0 Å². The molecule has 1 atom stereocenters. The van der Waals surface area contributed by atoms with E-state index in [1.165, 1.54) is 10.6 Å². The molecule has 0 saturated heterocycles. The van der Waals surface area contributed by atoms with Crippen molar-refractivity contribution in [2.75, 3.05) is 7.11 Å². The summed E-state index contributed by atoms with van der Waals surface area (Å²) in [6.45, 7) is 0. The molecular weight excluding hydrogens is 322 g/mol. The Hall–Kier alpha value is -2.67. The number of amides is 1. The largest absolute Gasteiger partial charge is 0.495 e. The summed E-state index contributed by atoms with van der Waals surface area (Å²) in [4.78, 5) is 28.5. The van der Waals surface area contributed by atoms with Gasteiger partial charge in [0.25, 0.3) is 11.5 Å². The zero-order valence-corrected chi connectivity index (χ0v) is 14.2. The van der Waals surface area contributed by atoms with Crippen LogP contribution in [0.1, 0.15) is 34.8 Å². The average Bonchev–Trinajstić information content (AvgIpc) is 2.59. The van der Waals surface area contributed by atoms with Crippen LogP contribution in [0.2, 0.25) is 0 Å². The van der Waals surface area contributed by atoms with Crippen LogP contribution in [0, 0.1) is 5.92 Å². The first-order valence-electron chi connectivity index (χ1n) is 8.12. The van der Waals surface area contributed by atoms with Crippen LogP contribution in [0.4, 0.5) is 0 Å². The highest BCUT2D eigenvalue weighted by molar-refractivity contribution is 5.94. The maximum absolute atomic E-state index is 12.6. The van der Waals surface area contributed by atoms with Crippen LogP contribution in [-0.4, -0.2) is 33.8 Å². The number of pyridine rings is 2. The molecule has 2 N–H and O–H groups in total. The smallest absolute Gasteiger partial charge is 0.252 e. The predicted octanol–water partition coefficient (Wildman–Crippen LogP) is 1.03. The van der Waals surface area contributed by atoms with E-state index in [0.717, 1.165) is 5.56 Å². The highest BCUT2D eigenvalue weighted by Gasteiger charge is 2.36. The average molecular weight is 343 g/mol. The zero-order valence-electron chi connectivity index (χ0n) is 14.2. The number of methoxy groups -OCH3 is 1. The van der Waals surface area contributed by atoms with Gasteiger partial charge in [0.15, 0.2) is 0 Å². The maximum Gasteiger partial charge on any atom is 0.252 e. The molecular formula is C18H21N3O4. The van der Waals surface area contributed by atoms with Crippen molar-refractivity contribution in [1.29, 1.82) is 0 Å². The molecule has 25 heavy (non-hydrogen) atoms. The summed E-state index contributed by atoms with van der Waals surface area (Å²) in [6, 6.07) is 4.44. The molecule has 2 aromatic rings. The van der Waals surface area contributed by atoms with Crippen LogP contribution in [0.5, 0.6) is 5.75 Å². The third-order valence-electron chi connectivity index (χ3n) is 4.60. The van der Waals surface area contributed by atoms with Crippen LogP contribution in [0.3, 0.4) is 0 Å². The summed E-state index contributed by atoms with van der Waals surface area (Å²) >= 11 is 0. The Balaban J connectivity index is 1.85. The SMILES string of the molecule is COc1cncc([C@@H](NC(=O)c2ccn(C)c(=O)c2)C2CC(O)C2)c1. The monoisotopic (exact) mass is 343 g/mol. The second kappa shape index (κ2) is 7.06. The fourth-order valence-electron chi connectivity index (χ4n) is 3.01. The van der Waals surface area contributed by atoms with Crippen LogP contribution < -0.4 is 15.6 Å². The standard InChI is InChI=1S/C18H21N3O4/c1-21-4-3-11(8-16(21)23)18(24)20-17(12-5-14(22)6-12)13-7-15(25-2)10-19-9-13/h3-4,7-10,12,14,17,22H,5-6H2,1-2H3,(H,20,24)/t12?,14?,17-/m0/s1. The van der Waals surface area contributed by atoms with Crippen LogP contribution >= 0.6 is 0 Å². The van der Waals surface area contributed by atoms with Gasteiger partial charge in [0, 0.05) is 31.1 Å². The molecule has 0 spiro atoms. The summed E-state index contributed by atoms with van der Waals surface area (Å²) in [5, 5.41) is 12.6. The van der Waals surface area contributed by atoms with Crippen molar-refractivity contribution in [3.05, 3.63) is 58.3 Å². The van der Waals surface area contributed by atoms with Gasteiger partial charge in [-0.05, 0) is 36.5 Å². The van der Waals surface area contributed by atoms with Crippen LogP contribution in [0.15, 0.2) is 41.6 Å². The third-order valence-corrected chi connectivity index (χ3v) is 4.60. The van der Waals surface area contributed by atoms with Crippen molar-refractivity contribution in [1.82, 2.24) is 14.9 Å². The van der Waals surface area contributed by atoms with E-state index in [0.29, 0.717) is 24.2 Å². The number of rotatable bonds is 5. The molecule has 0 bridgehead atoms. The van der Waals surface area contributed by atoms with E-state index in [1.807, 2.05) is 6.07 Å². The molecule has 1 aliphatic carbocycles. The van der Waals surface area contributed by atoms with Gasteiger partial charge in [-0.1, -0.05) is 0 Å². The van der Waals surface area contributed by atoms with Gasteiger partial charge < -0.3 is 19.7 Å². The molecule has 0 unspecified atom stereocenters. The minimum atomic E-state index is -0.341. The molecule has 0 aromatic carbocycles. The second-order valence-corrected chi connectivity index (χ2v) is 6.36. The van der Waals surface area contributed by atoms with Gasteiger partial charge in [0.2, 0.25) is 0 Å². The number of aliphatic hydroxyl groups is 1. The molecule has 2 aromatic heterocycles. The summed E-state index contributed by atoms with van der Waals surface area (Å²) in [5.41, 5.74) is 0.878. The molecule has 1 amide bonds. The molecule has 3 rings (SSSR count). The number of carbonyl (C=O) groups excluding carboxylic acids is 1. The molecule has 1 aliphatic rings. The molecule has 1 fully saturated rings. The van der Waals surface area contributed by atoms with Gasteiger partial charge in [-0.3, -0.25) is 14.6 Å². The minimum absolute atomic E-state index is 0.111. The van der Waals surface area contributed by atoms with Gasteiger partial charge >= 0.3 is 0 Å². The number of carbonyl (C=O) groups is 1. The fraction of sp³-hybridized carbons (Fsp3) is 0.389. The van der Waals surface area contributed by atoms with Gasteiger partial charge in [-0.25, -0.2) is 0 Å². The van der Waals surface area contributed by atoms with E-state index in [9.17, 15) is 14.7 Å². The quantitative estimate of drug-likeness (QED) is 0.846. The predicted molar refractivity (Wildman–Crippen MR) is 91.4 cm³/mol. The van der Waals surface area contributed by atoms with E-state index < -0.39 is 0 Å². The maximum atomic E-state index is 12.6. The van der Waals surface area contributed by atoms with Gasteiger partial charge in [-0.2, -0.15) is 0 Å². The number of ether oxygens (including phenoxy) is 1. The number of hydrogen-bond donors (Lipinski definition) is 2. The van der Waals surface area contributed by atoms with Crippen molar-refractivity contribution >= 4 is 5.91 Å². The minimum Gasteiger partial charge on any atom is -0.495 e. The Morgan fingerprint density at radius 3 is 2.80 bits per heavy atom. The lowest BCUT2D eigenvalue weighted by Gasteiger charge is -2.38. The first-order chi connectivity index (χ1) is 12.0. The lowest BCUT2D eigenvalue weighted by Crippen LogP contribution is -2.41. The molecule has 132 valence electrons. The molecule has 2 heterocycles. The fourth-order valence-corrected chi connectivity index (χ4v) is 3.01. The molecule has 0 radical (unpaired) electrons. The first-order valence-corrected chi connectivity index (χ1v) is 8.12. The van der Waals surface area contributed by atoms with Crippen molar-refractivity contribution in [3.8, 4) is 5.75 Å². The summed E-state index contributed by atoms with van der Waals surface area (Å²) < 4.78 is 6.61. The number of hydrogen-bond acceptors (Lipinski definition) is 5. The summed E-state index contributed by atoms with van der Waals surface area (Å²) in [5.74, 6) is 0.386. The Morgan fingerprint density at radius 2 is 2.16 bits per heavy atom. The second-order valence-electron chi connectivity index (χ2n) is 6.36. The molecule has 0 aliphatic heterocycles. The molecule has 1 saturated carbocycles. The van der Waals surface area contributed by atoms with Gasteiger partial charge in [0.05, 0.1) is 25.5 Å². The zero-order chi connectivity index (χ0) is 18.0. The third kappa shape index (κ3) is 3.71. The normalized spacial score (nSPS) is 20.4. The Labute approximate surface area is 145 Å². The number of nitrogens with zero attached hydrogens (tertiary/aromatic N) is 2. The number of aromatic nitrogens is 2. The van der Waals surface area contributed by atoms with Crippen molar-refractivity contribution in [2.45, 2.75) is 25.0 Å². The lowest BCUT2D eigenvalue weighted by atomic mass is 9.75. The van der Waals surface area contributed by atoms with E-state index in [2.05, 4.69) is 10.3 Å². The lowest BCUT2D eigenvalue weighted by molar-refractivity contribution is 0.0234. The van der Waals surface area contributed by atoms with E-state index in [1.54, 1.807) is 38.8 Å². The Bertz CT molecular complexity index is 827. The Morgan fingerprint density at radius 1 is 1.40 bits per heavy atom. The van der Waals surface area contributed by atoms with E-state index >= 15 is 0 Å². The van der Waals surface area contributed by atoms with Crippen molar-refractivity contribution < 1.29 is 14.6 Å². The van der Waals surface area contributed by atoms with Crippen LogP contribution in [0.25, 0.3) is 0 Å². The molecule has 7 nitrogen and oxygen atoms in total. The Kier molecular flexibility index (Phi) is 4.85. The number of aliphatic hydroxyl groups excluding tert-OH is 1. The highest BCUT2D eigenvalue weighted by atomic mass is 16.5. The topological polar surface area (TPSA) is 93.5 Å². The highest BCUT2D eigenvalue weighted by Crippen LogP contribution is 2.38. The van der Waals surface area contributed by atoms with Crippen LogP contribution in [-0.2, 0) is 7.05 Å². The van der Waals surface area contributed by atoms with Gasteiger partial charge in [-0.15, -0.1) is 0 Å².